The van der Waals surface area contributed by atoms with Gasteiger partial charge in [-0.25, -0.2) is 0 Å². The molecule has 0 amide bonds. The summed E-state index contributed by atoms with van der Waals surface area (Å²) in [6.07, 6.45) is -2.26. The summed E-state index contributed by atoms with van der Waals surface area (Å²) >= 11 is 0.667. The number of nitrogens with zero attached hydrogens (tertiary/aromatic N) is 3. The molecule has 1 fully saturated rings. The van der Waals surface area contributed by atoms with E-state index in [1.807, 2.05) is 0 Å². The summed E-state index contributed by atoms with van der Waals surface area (Å²) < 4.78 is 38.0. The Morgan fingerprint density at radius 1 is 1.38 bits per heavy atom. The van der Waals surface area contributed by atoms with Crippen molar-refractivity contribution in [3.05, 3.63) is 5.82 Å². The van der Waals surface area contributed by atoms with E-state index >= 15 is 0 Å². The Hall–Kier alpha value is -0.760. The molecular formula is C8H11F3N4S. The van der Waals surface area contributed by atoms with Crippen molar-refractivity contribution in [2.24, 2.45) is 5.73 Å². The number of nitrogens with two attached hydrogens (primary N) is 1. The molecule has 0 aliphatic heterocycles. The van der Waals surface area contributed by atoms with Crippen molar-refractivity contribution in [1.82, 2.24) is 14.8 Å². The second-order valence-corrected chi connectivity index (χ2v) is 4.55. The molecule has 1 saturated carbocycles. The van der Waals surface area contributed by atoms with Crippen LogP contribution in [0.5, 0.6) is 0 Å². The van der Waals surface area contributed by atoms with Crippen LogP contribution < -0.4 is 5.73 Å². The molecule has 1 aliphatic carbocycles. The predicted molar refractivity (Wildman–Crippen MR) is 53.0 cm³/mol. The normalized spacial score (nSPS) is 16.8. The SMILES string of the molecule is NCc1nnc(SCC(F)(F)F)n1C1CC1. The molecule has 0 spiro atoms. The Bertz CT molecular complexity index is 372. The van der Waals surface area contributed by atoms with Crippen molar-refractivity contribution in [2.45, 2.75) is 36.8 Å². The highest BCUT2D eigenvalue weighted by Crippen LogP contribution is 2.39. The average Bonchev–Trinajstić information content (AvgIpc) is 2.94. The number of thioether (sulfide) groups is 1. The molecule has 1 heterocycles. The lowest BCUT2D eigenvalue weighted by Crippen LogP contribution is -2.12. The highest BCUT2D eigenvalue weighted by molar-refractivity contribution is 7.99. The van der Waals surface area contributed by atoms with Gasteiger partial charge in [0, 0.05) is 6.04 Å². The van der Waals surface area contributed by atoms with Crippen LogP contribution in [0, 0.1) is 0 Å². The summed E-state index contributed by atoms with van der Waals surface area (Å²) in [6.45, 7) is 0.204. The summed E-state index contributed by atoms with van der Waals surface area (Å²) in [4.78, 5) is 0. The van der Waals surface area contributed by atoms with Crippen LogP contribution in [0.25, 0.3) is 0 Å². The van der Waals surface area contributed by atoms with E-state index in [9.17, 15) is 13.2 Å². The van der Waals surface area contributed by atoms with Gasteiger partial charge in [-0.15, -0.1) is 10.2 Å². The van der Waals surface area contributed by atoms with Crippen LogP contribution in [0.4, 0.5) is 13.2 Å². The Kier molecular flexibility index (Phi) is 3.11. The van der Waals surface area contributed by atoms with Gasteiger partial charge in [-0.2, -0.15) is 13.2 Å². The Morgan fingerprint density at radius 2 is 2.06 bits per heavy atom. The van der Waals surface area contributed by atoms with E-state index in [0.29, 0.717) is 22.7 Å². The molecule has 8 heteroatoms. The second kappa shape index (κ2) is 4.25. The van der Waals surface area contributed by atoms with Gasteiger partial charge >= 0.3 is 6.18 Å². The first-order valence-electron chi connectivity index (χ1n) is 4.84. The summed E-state index contributed by atoms with van der Waals surface area (Å²) in [5, 5.41) is 7.86. The molecule has 16 heavy (non-hydrogen) atoms. The van der Waals surface area contributed by atoms with Crippen LogP contribution in [0.1, 0.15) is 24.7 Å². The maximum atomic E-state index is 12.1. The Morgan fingerprint density at radius 3 is 2.56 bits per heavy atom. The van der Waals surface area contributed by atoms with Gasteiger partial charge in [-0.3, -0.25) is 0 Å². The molecular weight excluding hydrogens is 241 g/mol. The maximum Gasteiger partial charge on any atom is 0.398 e. The van der Waals surface area contributed by atoms with Gasteiger partial charge in [0.15, 0.2) is 5.16 Å². The monoisotopic (exact) mass is 252 g/mol. The van der Waals surface area contributed by atoms with Crippen LogP contribution in [0.3, 0.4) is 0 Å². The average molecular weight is 252 g/mol. The molecule has 0 saturated heterocycles. The minimum atomic E-state index is -4.19. The van der Waals surface area contributed by atoms with E-state index in [1.165, 1.54) is 0 Å². The fraction of sp³-hybridized carbons (Fsp3) is 0.750. The zero-order valence-electron chi connectivity index (χ0n) is 8.37. The van der Waals surface area contributed by atoms with Crippen molar-refractivity contribution in [3.8, 4) is 0 Å². The third-order valence-corrected chi connectivity index (χ3v) is 3.20. The Balaban J connectivity index is 2.11. The van der Waals surface area contributed by atoms with Gasteiger partial charge in [-0.05, 0) is 12.8 Å². The Labute approximate surface area is 94.4 Å². The first kappa shape index (κ1) is 11.7. The third kappa shape index (κ3) is 2.67. The zero-order valence-corrected chi connectivity index (χ0v) is 9.18. The maximum absolute atomic E-state index is 12.1. The van der Waals surface area contributed by atoms with Gasteiger partial charge in [-0.1, -0.05) is 11.8 Å². The lowest BCUT2D eigenvalue weighted by molar-refractivity contribution is -0.105. The van der Waals surface area contributed by atoms with E-state index in [4.69, 9.17) is 5.73 Å². The molecule has 0 unspecified atom stereocenters. The first-order valence-corrected chi connectivity index (χ1v) is 5.83. The minimum absolute atomic E-state index is 0.204. The number of hydrogen-bond donors (Lipinski definition) is 1. The standard InChI is InChI=1S/C8H11F3N4S/c9-8(10,11)4-16-7-14-13-6(3-12)15(7)5-1-2-5/h5H,1-4,12H2. The zero-order chi connectivity index (χ0) is 11.8. The molecule has 1 aromatic rings. The van der Waals surface area contributed by atoms with E-state index in [0.717, 1.165) is 12.8 Å². The molecule has 4 nitrogen and oxygen atoms in total. The largest absolute Gasteiger partial charge is 0.398 e. The molecule has 0 bridgehead atoms. The molecule has 2 rings (SSSR count). The van der Waals surface area contributed by atoms with Crippen molar-refractivity contribution in [1.29, 1.82) is 0 Å². The molecule has 90 valence electrons. The fourth-order valence-corrected chi connectivity index (χ4v) is 2.18. The van der Waals surface area contributed by atoms with Gasteiger partial charge in [0.05, 0.1) is 12.3 Å². The first-order chi connectivity index (χ1) is 7.51. The van der Waals surface area contributed by atoms with E-state index < -0.39 is 11.9 Å². The molecule has 0 radical (unpaired) electrons. The van der Waals surface area contributed by atoms with Crippen LogP contribution in [0.2, 0.25) is 0 Å². The summed E-state index contributed by atoms with van der Waals surface area (Å²) in [5.74, 6) is -0.380. The summed E-state index contributed by atoms with van der Waals surface area (Å²) in [7, 11) is 0. The van der Waals surface area contributed by atoms with Gasteiger partial charge in [0.2, 0.25) is 0 Å². The van der Waals surface area contributed by atoms with Crippen molar-refractivity contribution >= 4 is 11.8 Å². The minimum Gasteiger partial charge on any atom is -0.324 e. The number of aromatic nitrogens is 3. The summed E-state index contributed by atoms with van der Waals surface area (Å²) in [5.41, 5.74) is 5.46. The molecule has 2 N–H and O–H groups in total. The predicted octanol–water partition coefficient (Wildman–Crippen LogP) is 1.73. The van der Waals surface area contributed by atoms with Crippen LogP contribution in [0.15, 0.2) is 5.16 Å². The number of alkyl halides is 3. The lowest BCUT2D eigenvalue weighted by Gasteiger charge is -2.08. The second-order valence-electron chi connectivity index (χ2n) is 3.61. The topological polar surface area (TPSA) is 56.7 Å². The fourth-order valence-electron chi connectivity index (χ4n) is 1.39. The van der Waals surface area contributed by atoms with Gasteiger partial charge in [0.25, 0.3) is 0 Å². The number of rotatable bonds is 4. The highest BCUT2D eigenvalue weighted by atomic mass is 32.2. The third-order valence-electron chi connectivity index (χ3n) is 2.19. The van der Waals surface area contributed by atoms with Gasteiger partial charge in [0.1, 0.15) is 5.82 Å². The smallest absolute Gasteiger partial charge is 0.324 e. The van der Waals surface area contributed by atoms with E-state index in [1.54, 1.807) is 4.57 Å². The van der Waals surface area contributed by atoms with E-state index in [-0.39, 0.29) is 12.6 Å². The van der Waals surface area contributed by atoms with Crippen molar-refractivity contribution in [3.63, 3.8) is 0 Å². The van der Waals surface area contributed by atoms with Crippen molar-refractivity contribution < 1.29 is 13.2 Å². The molecule has 1 aliphatic rings. The molecule has 0 atom stereocenters. The summed E-state index contributed by atoms with van der Waals surface area (Å²) in [6, 6.07) is 0.240. The number of halogens is 3. The van der Waals surface area contributed by atoms with Crippen molar-refractivity contribution in [2.75, 3.05) is 5.75 Å². The van der Waals surface area contributed by atoms with E-state index in [2.05, 4.69) is 10.2 Å². The highest BCUT2D eigenvalue weighted by Gasteiger charge is 2.32. The molecule has 0 aromatic carbocycles. The molecule has 1 aromatic heterocycles. The van der Waals surface area contributed by atoms with Gasteiger partial charge < -0.3 is 10.3 Å². The van der Waals surface area contributed by atoms with Crippen LogP contribution in [-0.4, -0.2) is 26.7 Å². The van der Waals surface area contributed by atoms with Crippen LogP contribution >= 0.6 is 11.8 Å². The lowest BCUT2D eigenvalue weighted by atomic mass is 10.5. The quantitative estimate of drug-likeness (QED) is 0.829. The van der Waals surface area contributed by atoms with Crippen LogP contribution in [-0.2, 0) is 6.54 Å². The number of hydrogen-bond acceptors (Lipinski definition) is 4.